The first-order valence-corrected chi connectivity index (χ1v) is 8.71. The number of nitrogens with one attached hydrogen (secondary N) is 1. The molecule has 27 heavy (non-hydrogen) atoms. The van der Waals surface area contributed by atoms with Crippen LogP contribution in [-0.4, -0.2) is 46.9 Å². The predicted octanol–water partition coefficient (Wildman–Crippen LogP) is 3.15. The van der Waals surface area contributed by atoms with E-state index in [0.717, 1.165) is 41.9 Å². The predicted molar refractivity (Wildman–Crippen MR) is 99.3 cm³/mol. The Morgan fingerprint density at radius 3 is 2.74 bits per heavy atom. The van der Waals surface area contributed by atoms with E-state index in [9.17, 15) is 13.6 Å². The molecule has 0 radical (unpaired) electrons. The van der Waals surface area contributed by atoms with Gasteiger partial charge in [-0.1, -0.05) is 0 Å². The molecule has 1 aliphatic rings. The molecule has 8 heteroatoms. The fraction of sp³-hybridized carbons (Fsp3) is 0.316. The molecule has 1 fully saturated rings. The molecular formula is C19H19F2N5O. The number of halogens is 2. The molecule has 3 heterocycles. The number of benzene rings is 1. The van der Waals surface area contributed by atoms with Gasteiger partial charge in [-0.2, -0.15) is 0 Å². The highest BCUT2D eigenvalue weighted by Gasteiger charge is 2.30. The Labute approximate surface area is 154 Å². The van der Waals surface area contributed by atoms with Crippen molar-refractivity contribution in [2.75, 3.05) is 29.9 Å². The molecule has 1 aromatic carbocycles. The first kappa shape index (κ1) is 17.4. The molecule has 4 rings (SSSR count). The minimum atomic E-state index is -0.726. The van der Waals surface area contributed by atoms with E-state index in [1.165, 1.54) is 13.3 Å². The smallest absolute Gasteiger partial charge is 0.160 e. The van der Waals surface area contributed by atoms with Crippen molar-refractivity contribution in [3.63, 3.8) is 0 Å². The fourth-order valence-corrected chi connectivity index (χ4v) is 3.65. The van der Waals surface area contributed by atoms with Crippen molar-refractivity contribution in [2.45, 2.75) is 19.4 Å². The van der Waals surface area contributed by atoms with E-state index in [-0.39, 0.29) is 23.1 Å². The molecule has 1 unspecified atom stereocenters. The normalized spacial score (nSPS) is 16.9. The third kappa shape index (κ3) is 3.01. The van der Waals surface area contributed by atoms with E-state index >= 15 is 0 Å². The van der Waals surface area contributed by atoms with Crippen molar-refractivity contribution in [2.24, 2.45) is 0 Å². The van der Waals surface area contributed by atoms with E-state index in [1.54, 1.807) is 11.9 Å². The number of anilines is 2. The summed E-state index contributed by atoms with van der Waals surface area (Å²) in [6.45, 7) is 2.60. The topological polar surface area (TPSA) is 65.1 Å². The summed E-state index contributed by atoms with van der Waals surface area (Å²) in [5.74, 6) is -1.01. The molecule has 0 spiro atoms. The summed E-state index contributed by atoms with van der Waals surface area (Å²) in [5, 5.41) is 0.920. The quantitative estimate of drug-likeness (QED) is 0.714. The van der Waals surface area contributed by atoms with Crippen LogP contribution in [0, 0.1) is 11.6 Å². The number of hydrogen-bond donors (Lipinski definition) is 1. The monoisotopic (exact) mass is 371 g/mol. The van der Waals surface area contributed by atoms with Gasteiger partial charge in [0.25, 0.3) is 0 Å². The van der Waals surface area contributed by atoms with Gasteiger partial charge < -0.3 is 14.8 Å². The van der Waals surface area contributed by atoms with Gasteiger partial charge in [0, 0.05) is 37.9 Å². The maximum absolute atomic E-state index is 14.5. The lowest BCUT2D eigenvalue weighted by atomic mass is 10.1. The van der Waals surface area contributed by atoms with Crippen molar-refractivity contribution in [3.8, 4) is 0 Å². The van der Waals surface area contributed by atoms with Gasteiger partial charge in [-0.25, -0.2) is 18.7 Å². The third-order valence-electron chi connectivity index (χ3n) is 5.12. The number of nitrogens with zero attached hydrogens (tertiary/aromatic N) is 4. The van der Waals surface area contributed by atoms with E-state index in [4.69, 9.17) is 0 Å². The van der Waals surface area contributed by atoms with Gasteiger partial charge in [-0.05, 0) is 31.5 Å². The minimum Gasteiger partial charge on any atom is -0.365 e. The Morgan fingerprint density at radius 2 is 2.04 bits per heavy atom. The zero-order valence-corrected chi connectivity index (χ0v) is 15.0. The molecule has 1 atom stereocenters. The number of carbonyl (C=O) groups excluding carboxylic acids is 1. The average Bonchev–Trinajstić information content (AvgIpc) is 3.30. The number of hydrogen-bond acceptors (Lipinski definition) is 5. The first-order valence-electron chi connectivity index (χ1n) is 8.71. The number of fused-ring (bicyclic) bond motifs is 1. The Balaban J connectivity index is 1.59. The third-order valence-corrected chi connectivity index (χ3v) is 5.12. The minimum absolute atomic E-state index is 0.0334. The maximum atomic E-state index is 14.5. The number of carbonyl (C=O) groups is 1. The molecule has 3 aromatic rings. The number of ketones is 1. The van der Waals surface area contributed by atoms with Crippen LogP contribution < -0.4 is 9.80 Å². The van der Waals surface area contributed by atoms with E-state index in [2.05, 4.69) is 19.9 Å². The first-order chi connectivity index (χ1) is 13.0. The highest BCUT2D eigenvalue weighted by Crippen LogP contribution is 2.31. The van der Waals surface area contributed by atoms with Crippen LogP contribution in [0.3, 0.4) is 0 Å². The summed E-state index contributed by atoms with van der Waals surface area (Å²) in [6, 6.07) is 4.03. The Hall–Kier alpha value is -3.03. The standard InChI is InChI=1S/C19H19F2N5O/c1-11(27)12-7-15(20)17(16(21)8-12)25(2)13-4-6-26(9-13)19-14-3-5-22-18(14)23-10-24-19/h3,5,7-8,10,13H,4,6,9H2,1-2H3,(H,22,23,24). The zero-order chi connectivity index (χ0) is 19.1. The van der Waals surface area contributed by atoms with Gasteiger partial charge in [0.1, 0.15) is 35.1 Å². The van der Waals surface area contributed by atoms with Crippen LogP contribution in [0.4, 0.5) is 20.3 Å². The van der Waals surface area contributed by atoms with Crippen LogP contribution in [-0.2, 0) is 0 Å². The Kier molecular flexibility index (Phi) is 4.25. The number of rotatable bonds is 4. The maximum Gasteiger partial charge on any atom is 0.160 e. The van der Waals surface area contributed by atoms with Gasteiger partial charge in [0.2, 0.25) is 0 Å². The van der Waals surface area contributed by atoms with Gasteiger partial charge in [0.05, 0.1) is 5.39 Å². The van der Waals surface area contributed by atoms with Crippen molar-refractivity contribution in [1.82, 2.24) is 15.0 Å². The second-order valence-corrected chi connectivity index (χ2v) is 6.78. The average molecular weight is 371 g/mol. The number of H-pyrrole nitrogens is 1. The lowest BCUT2D eigenvalue weighted by molar-refractivity contribution is 0.101. The number of aromatic nitrogens is 3. The lowest BCUT2D eigenvalue weighted by Crippen LogP contribution is -2.36. The number of aromatic amines is 1. The van der Waals surface area contributed by atoms with Crippen LogP contribution in [0.5, 0.6) is 0 Å². The van der Waals surface area contributed by atoms with Crippen molar-refractivity contribution in [1.29, 1.82) is 0 Å². The van der Waals surface area contributed by atoms with Gasteiger partial charge >= 0.3 is 0 Å². The molecule has 6 nitrogen and oxygen atoms in total. The molecule has 0 aliphatic carbocycles. The summed E-state index contributed by atoms with van der Waals surface area (Å²) in [7, 11) is 1.68. The summed E-state index contributed by atoms with van der Waals surface area (Å²) >= 11 is 0. The fourth-order valence-electron chi connectivity index (χ4n) is 3.65. The molecule has 0 amide bonds. The van der Waals surface area contributed by atoms with Crippen LogP contribution >= 0.6 is 0 Å². The number of Topliss-reactive ketones (excluding diaryl/α,β-unsaturated/α-hetero) is 1. The van der Waals surface area contributed by atoms with Gasteiger partial charge in [-0.15, -0.1) is 0 Å². The molecule has 2 aromatic heterocycles. The molecule has 1 saturated heterocycles. The second-order valence-electron chi connectivity index (χ2n) is 6.78. The van der Waals surface area contributed by atoms with E-state index in [1.807, 2.05) is 12.3 Å². The molecule has 1 N–H and O–H groups in total. The molecule has 140 valence electrons. The second kappa shape index (κ2) is 6.61. The van der Waals surface area contributed by atoms with Crippen molar-refractivity contribution >= 4 is 28.3 Å². The van der Waals surface area contributed by atoms with Crippen LogP contribution in [0.15, 0.2) is 30.7 Å². The van der Waals surface area contributed by atoms with E-state index in [0.29, 0.717) is 6.54 Å². The molecular weight excluding hydrogens is 352 g/mol. The highest BCUT2D eigenvalue weighted by molar-refractivity contribution is 5.94. The van der Waals surface area contributed by atoms with Crippen molar-refractivity contribution in [3.05, 3.63) is 47.9 Å². The summed E-state index contributed by atoms with van der Waals surface area (Å²) in [6.07, 6.45) is 4.05. The Bertz CT molecular complexity index is 995. The summed E-state index contributed by atoms with van der Waals surface area (Å²) < 4.78 is 29.0. The highest BCUT2D eigenvalue weighted by atomic mass is 19.1. The molecule has 0 saturated carbocycles. The van der Waals surface area contributed by atoms with Gasteiger partial charge in [0.15, 0.2) is 5.78 Å². The van der Waals surface area contributed by atoms with Crippen LogP contribution in [0.2, 0.25) is 0 Å². The summed E-state index contributed by atoms with van der Waals surface area (Å²) in [5.41, 5.74) is 0.682. The largest absolute Gasteiger partial charge is 0.365 e. The van der Waals surface area contributed by atoms with Gasteiger partial charge in [-0.3, -0.25) is 4.79 Å². The molecule has 0 bridgehead atoms. The molecule has 1 aliphatic heterocycles. The Morgan fingerprint density at radius 1 is 1.30 bits per heavy atom. The van der Waals surface area contributed by atoms with Crippen molar-refractivity contribution < 1.29 is 13.6 Å². The summed E-state index contributed by atoms with van der Waals surface area (Å²) in [4.78, 5) is 26.7. The van der Waals surface area contributed by atoms with Crippen LogP contribution in [0.25, 0.3) is 11.0 Å². The lowest BCUT2D eigenvalue weighted by Gasteiger charge is -2.28. The zero-order valence-electron chi connectivity index (χ0n) is 15.0. The van der Waals surface area contributed by atoms with Crippen LogP contribution in [0.1, 0.15) is 23.7 Å². The number of likely N-dealkylation sites (N-methyl/N-ethyl adjacent to an activating group) is 1. The van der Waals surface area contributed by atoms with E-state index < -0.39 is 11.6 Å². The SMILES string of the molecule is CC(=O)c1cc(F)c(N(C)C2CCN(c3ncnc4[nH]ccc34)C2)c(F)c1.